The van der Waals surface area contributed by atoms with Crippen LogP contribution in [0, 0.1) is 5.92 Å². The maximum Gasteiger partial charge on any atom is 0.246 e. The number of nitrogens with zero attached hydrogens (tertiary/aromatic N) is 2. The number of nitrogens with two attached hydrogens (primary N) is 1. The lowest BCUT2D eigenvalue weighted by molar-refractivity contribution is 0.0400. The molecule has 2 N–H and O–H groups in total. The highest BCUT2D eigenvalue weighted by atomic mass is 16.5. The van der Waals surface area contributed by atoms with Gasteiger partial charge in [0, 0.05) is 19.1 Å². The van der Waals surface area contributed by atoms with Gasteiger partial charge in [0.2, 0.25) is 5.89 Å². The van der Waals surface area contributed by atoms with Gasteiger partial charge in [-0.1, -0.05) is 24.9 Å². The zero-order chi connectivity index (χ0) is 13.3. The van der Waals surface area contributed by atoms with E-state index in [-0.39, 0.29) is 0 Å². The van der Waals surface area contributed by atoms with E-state index in [0.29, 0.717) is 25.0 Å². The lowest BCUT2D eigenvalue weighted by Gasteiger charge is -2.29. The number of ether oxygens (including phenoxy) is 1. The van der Waals surface area contributed by atoms with Gasteiger partial charge in [0.15, 0.2) is 5.82 Å². The molecule has 5 nitrogen and oxygen atoms in total. The molecular formula is C14H23N3O2. The minimum Gasteiger partial charge on any atom is -0.381 e. The number of hydrogen-bond acceptors (Lipinski definition) is 5. The Kier molecular flexibility index (Phi) is 3.58. The maximum atomic E-state index is 6.37. The Morgan fingerprint density at radius 3 is 2.53 bits per heavy atom. The van der Waals surface area contributed by atoms with E-state index in [1.807, 2.05) is 0 Å². The Morgan fingerprint density at radius 1 is 1.16 bits per heavy atom. The summed E-state index contributed by atoms with van der Waals surface area (Å²) >= 11 is 0. The highest BCUT2D eigenvalue weighted by molar-refractivity contribution is 5.06. The van der Waals surface area contributed by atoms with Crippen LogP contribution in [0.15, 0.2) is 4.52 Å². The van der Waals surface area contributed by atoms with Crippen molar-refractivity contribution in [3.63, 3.8) is 0 Å². The molecule has 0 unspecified atom stereocenters. The van der Waals surface area contributed by atoms with Gasteiger partial charge in [0.25, 0.3) is 0 Å². The first kappa shape index (κ1) is 13.1. The molecule has 2 fully saturated rings. The Hall–Kier alpha value is -0.940. The molecule has 0 amide bonds. The van der Waals surface area contributed by atoms with Crippen LogP contribution in [0.4, 0.5) is 0 Å². The topological polar surface area (TPSA) is 74.2 Å². The summed E-state index contributed by atoms with van der Waals surface area (Å²) in [6, 6.07) is 0. The van der Waals surface area contributed by atoms with Crippen molar-refractivity contribution in [1.29, 1.82) is 0 Å². The summed E-state index contributed by atoms with van der Waals surface area (Å²) in [6.07, 6.45) is 6.38. The maximum absolute atomic E-state index is 6.37. The summed E-state index contributed by atoms with van der Waals surface area (Å²) in [7, 11) is 0. The average Bonchev–Trinajstić information content (AvgIpc) is 2.91. The summed E-state index contributed by atoms with van der Waals surface area (Å²) in [5.41, 5.74) is 5.89. The van der Waals surface area contributed by atoms with Crippen LogP contribution in [0.1, 0.15) is 63.1 Å². The van der Waals surface area contributed by atoms with Gasteiger partial charge < -0.3 is 15.0 Å². The van der Waals surface area contributed by atoms with E-state index in [0.717, 1.165) is 24.6 Å². The fraction of sp³-hybridized carbons (Fsp3) is 0.857. The molecule has 5 heteroatoms. The lowest BCUT2D eigenvalue weighted by atomic mass is 9.82. The minimum atomic E-state index is -0.481. The van der Waals surface area contributed by atoms with Gasteiger partial charge in [-0.2, -0.15) is 4.98 Å². The summed E-state index contributed by atoms with van der Waals surface area (Å²) in [5.74, 6) is 2.75. The van der Waals surface area contributed by atoms with E-state index in [1.54, 1.807) is 0 Å². The molecule has 2 heterocycles. The molecule has 0 aromatic carbocycles. The monoisotopic (exact) mass is 265 g/mol. The Balaban J connectivity index is 1.72. The SMILES string of the molecule is CC1CCC(c2noc(C3(N)CCOCC3)n2)CC1. The molecular weight excluding hydrogens is 242 g/mol. The van der Waals surface area contributed by atoms with Crippen LogP contribution in [0.2, 0.25) is 0 Å². The van der Waals surface area contributed by atoms with Gasteiger partial charge in [-0.15, -0.1) is 0 Å². The number of rotatable bonds is 2. The molecule has 1 aromatic heterocycles. The highest BCUT2D eigenvalue weighted by Crippen LogP contribution is 2.35. The van der Waals surface area contributed by atoms with Crippen molar-refractivity contribution in [3.8, 4) is 0 Å². The highest BCUT2D eigenvalue weighted by Gasteiger charge is 2.36. The van der Waals surface area contributed by atoms with Crippen LogP contribution in [-0.4, -0.2) is 23.4 Å². The van der Waals surface area contributed by atoms with Crippen molar-refractivity contribution in [2.45, 2.75) is 56.9 Å². The van der Waals surface area contributed by atoms with Crippen molar-refractivity contribution in [1.82, 2.24) is 10.1 Å². The molecule has 3 rings (SSSR count). The van der Waals surface area contributed by atoms with Crippen molar-refractivity contribution >= 4 is 0 Å². The molecule has 1 aliphatic carbocycles. The molecule has 19 heavy (non-hydrogen) atoms. The standard InChI is InChI=1S/C14H23N3O2/c1-10-2-4-11(5-3-10)12-16-13(19-17-12)14(15)6-8-18-9-7-14/h10-11H,2-9,15H2,1H3. The second kappa shape index (κ2) is 5.21. The first-order chi connectivity index (χ1) is 9.17. The Morgan fingerprint density at radius 2 is 1.84 bits per heavy atom. The Labute approximate surface area is 113 Å². The minimum absolute atomic E-state index is 0.456. The van der Waals surface area contributed by atoms with E-state index in [9.17, 15) is 0 Å². The van der Waals surface area contributed by atoms with Crippen LogP contribution in [0.5, 0.6) is 0 Å². The zero-order valence-corrected chi connectivity index (χ0v) is 11.6. The van der Waals surface area contributed by atoms with E-state index >= 15 is 0 Å². The smallest absolute Gasteiger partial charge is 0.246 e. The molecule has 1 aliphatic heterocycles. The van der Waals surface area contributed by atoms with E-state index in [2.05, 4.69) is 17.1 Å². The third-order valence-electron chi connectivity index (χ3n) is 4.63. The third-order valence-corrected chi connectivity index (χ3v) is 4.63. The average molecular weight is 265 g/mol. The zero-order valence-electron chi connectivity index (χ0n) is 11.6. The van der Waals surface area contributed by atoms with Crippen molar-refractivity contribution in [2.24, 2.45) is 11.7 Å². The van der Waals surface area contributed by atoms with Gasteiger partial charge in [-0.3, -0.25) is 0 Å². The van der Waals surface area contributed by atoms with Crippen LogP contribution in [0.25, 0.3) is 0 Å². The van der Waals surface area contributed by atoms with Crippen LogP contribution in [0.3, 0.4) is 0 Å². The number of aromatic nitrogens is 2. The van der Waals surface area contributed by atoms with E-state index < -0.39 is 5.54 Å². The predicted octanol–water partition coefficient (Wildman–Crippen LogP) is 2.33. The number of hydrogen-bond donors (Lipinski definition) is 1. The van der Waals surface area contributed by atoms with Gasteiger partial charge in [-0.05, 0) is 31.6 Å². The largest absolute Gasteiger partial charge is 0.381 e. The van der Waals surface area contributed by atoms with Crippen LogP contribution in [-0.2, 0) is 10.3 Å². The van der Waals surface area contributed by atoms with Crippen LogP contribution >= 0.6 is 0 Å². The predicted molar refractivity (Wildman–Crippen MR) is 70.6 cm³/mol. The van der Waals surface area contributed by atoms with Crippen molar-refractivity contribution in [3.05, 3.63) is 11.7 Å². The van der Waals surface area contributed by atoms with Gasteiger partial charge in [-0.25, -0.2) is 0 Å². The summed E-state index contributed by atoms with van der Waals surface area (Å²) in [5, 5.41) is 4.18. The second-order valence-corrected chi connectivity index (χ2v) is 6.18. The quantitative estimate of drug-likeness (QED) is 0.888. The normalized spacial score (nSPS) is 31.3. The molecule has 0 radical (unpaired) electrons. The molecule has 1 saturated carbocycles. The Bertz CT molecular complexity index is 418. The summed E-state index contributed by atoms with van der Waals surface area (Å²) in [6.45, 7) is 3.67. The fourth-order valence-electron chi connectivity index (χ4n) is 3.07. The fourth-order valence-corrected chi connectivity index (χ4v) is 3.07. The molecule has 1 saturated heterocycles. The summed E-state index contributed by atoms with van der Waals surface area (Å²) in [4.78, 5) is 4.60. The first-order valence-corrected chi connectivity index (χ1v) is 7.38. The van der Waals surface area contributed by atoms with Crippen molar-refractivity contribution in [2.75, 3.05) is 13.2 Å². The molecule has 1 aromatic rings. The van der Waals surface area contributed by atoms with E-state index in [1.165, 1.54) is 25.7 Å². The first-order valence-electron chi connectivity index (χ1n) is 7.38. The van der Waals surface area contributed by atoms with Crippen molar-refractivity contribution < 1.29 is 9.26 Å². The summed E-state index contributed by atoms with van der Waals surface area (Å²) < 4.78 is 10.8. The van der Waals surface area contributed by atoms with Gasteiger partial charge in [0.05, 0.1) is 0 Å². The third kappa shape index (κ3) is 2.67. The molecule has 0 bridgehead atoms. The van der Waals surface area contributed by atoms with Gasteiger partial charge in [0.1, 0.15) is 5.54 Å². The van der Waals surface area contributed by atoms with Crippen LogP contribution < -0.4 is 5.73 Å². The molecule has 0 spiro atoms. The van der Waals surface area contributed by atoms with E-state index in [4.69, 9.17) is 15.0 Å². The molecule has 2 aliphatic rings. The lowest BCUT2D eigenvalue weighted by Crippen LogP contribution is -2.42. The van der Waals surface area contributed by atoms with Gasteiger partial charge >= 0.3 is 0 Å². The molecule has 0 atom stereocenters. The molecule has 106 valence electrons. The second-order valence-electron chi connectivity index (χ2n) is 6.18.